The van der Waals surface area contributed by atoms with Crippen LogP contribution in [0.15, 0.2) is 24.3 Å². The number of anilines is 1. The molecule has 2 aromatic rings. The third-order valence-electron chi connectivity index (χ3n) is 5.01. The van der Waals surface area contributed by atoms with Crippen molar-refractivity contribution in [2.75, 3.05) is 24.7 Å². The van der Waals surface area contributed by atoms with E-state index in [-0.39, 0.29) is 11.9 Å². The lowest BCUT2D eigenvalue weighted by atomic mass is 10.00. The number of hydrogen-bond acceptors (Lipinski definition) is 5. The number of aromatic nitrogens is 2. The van der Waals surface area contributed by atoms with E-state index in [9.17, 15) is 4.79 Å². The van der Waals surface area contributed by atoms with Crippen LogP contribution in [0, 0.1) is 0 Å². The molecule has 1 aromatic heterocycles. The van der Waals surface area contributed by atoms with Crippen molar-refractivity contribution >= 4 is 34.9 Å². The summed E-state index contributed by atoms with van der Waals surface area (Å²) < 4.78 is 5.31. The number of halogens is 2. The lowest BCUT2D eigenvalue weighted by Crippen LogP contribution is -2.39. The Labute approximate surface area is 167 Å². The molecule has 0 bridgehead atoms. The first-order valence-corrected chi connectivity index (χ1v) is 9.80. The molecule has 8 heteroatoms. The molecule has 142 valence electrons. The molecule has 1 fully saturated rings. The Hall–Kier alpha value is -1.89. The Morgan fingerprint density at radius 3 is 2.74 bits per heavy atom. The molecular weight excluding hydrogens is 387 g/mol. The number of benzene rings is 1. The summed E-state index contributed by atoms with van der Waals surface area (Å²) in [5, 5.41) is 12.7. The predicted octanol–water partition coefficient (Wildman–Crippen LogP) is 3.25. The van der Waals surface area contributed by atoms with E-state index in [0.29, 0.717) is 35.5 Å². The van der Waals surface area contributed by atoms with Gasteiger partial charge in [0.2, 0.25) is 0 Å². The van der Waals surface area contributed by atoms with Crippen LogP contribution in [0.1, 0.15) is 34.5 Å². The van der Waals surface area contributed by atoms with E-state index >= 15 is 0 Å². The molecule has 0 spiro atoms. The van der Waals surface area contributed by atoms with Gasteiger partial charge in [0.15, 0.2) is 11.5 Å². The van der Waals surface area contributed by atoms with Crippen molar-refractivity contribution in [3.63, 3.8) is 0 Å². The third kappa shape index (κ3) is 4.18. The van der Waals surface area contributed by atoms with E-state index < -0.39 is 0 Å². The molecule has 4 rings (SSSR count). The monoisotopic (exact) mass is 406 g/mol. The fourth-order valence-corrected chi connectivity index (χ4v) is 4.15. The van der Waals surface area contributed by atoms with Crippen LogP contribution in [0.2, 0.25) is 10.0 Å². The fourth-order valence-electron chi connectivity index (χ4n) is 3.52. The molecule has 0 aliphatic carbocycles. The highest BCUT2D eigenvalue weighted by molar-refractivity contribution is 6.35. The van der Waals surface area contributed by atoms with Gasteiger partial charge < -0.3 is 15.0 Å². The smallest absolute Gasteiger partial charge is 0.272 e. The van der Waals surface area contributed by atoms with Gasteiger partial charge in [0.1, 0.15) is 0 Å². The summed E-state index contributed by atoms with van der Waals surface area (Å²) in [5.74, 6) is 0.544. The maximum absolute atomic E-state index is 12.3. The number of rotatable bonds is 3. The van der Waals surface area contributed by atoms with Crippen molar-refractivity contribution in [1.82, 2.24) is 15.5 Å². The largest absolute Gasteiger partial charge is 0.381 e. The molecular formula is C19H20Cl2N4O2. The van der Waals surface area contributed by atoms with E-state index in [1.54, 1.807) is 12.1 Å². The van der Waals surface area contributed by atoms with Crippen molar-refractivity contribution in [1.29, 1.82) is 0 Å². The first-order chi connectivity index (χ1) is 13.1. The lowest BCUT2D eigenvalue weighted by molar-refractivity contribution is 0.0693. The molecule has 1 amide bonds. The van der Waals surface area contributed by atoms with Gasteiger partial charge in [-0.3, -0.25) is 4.79 Å². The van der Waals surface area contributed by atoms with Crippen LogP contribution < -0.4 is 10.2 Å². The van der Waals surface area contributed by atoms with Crippen LogP contribution in [-0.2, 0) is 17.7 Å². The van der Waals surface area contributed by atoms with Gasteiger partial charge in [-0.25, -0.2) is 0 Å². The SMILES string of the molecule is O=C(NC1CCOCC1)c1ccc(N2CCc3c(Cl)cc(Cl)cc3C2)nn1. The van der Waals surface area contributed by atoms with E-state index in [4.69, 9.17) is 27.9 Å². The number of nitrogens with one attached hydrogen (secondary N) is 1. The van der Waals surface area contributed by atoms with E-state index in [1.165, 1.54) is 0 Å². The molecule has 0 atom stereocenters. The lowest BCUT2D eigenvalue weighted by Gasteiger charge is -2.30. The quantitative estimate of drug-likeness (QED) is 0.846. The third-order valence-corrected chi connectivity index (χ3v) is 5.56. The van der Waals surface area contributed by atoms with Crippen molar-refractivity contribution in [2.24, 2.45) is 0 Å². The number of ether oxygens (including phenoxy) is 1. The summed E-state index contributed by atoms with van der Waals surface area (Å²) in [6, 6.07) is 7.42. The molecule has 2 aliphatic heterocycles. The Morgan fingerprint density at radius 2 is 2.00 bits per heavy atom. The van der Waals surface area contributed by atoms with Crippen LogP contribution >= 0.6 is 23.2 Å². The molecule has 3 heterocycles. The molecule has 6 nitrogen and oxygen atoms in total. The normalized spacial score (nSPS) is 17.5. The molecule has 2 aliphatic rings. The molecule has 0 saturated carbocycles. The molecule has 1 aromatic carbocycles. The van der Waals surface area contributed by atoms with E-state index in [1.807, 2.05) is 12.1 Å². The molecule has 0 unspecified atom stereocenters. The van der Waals surface area contributed by atoms with Crippen LogP contribution in [0.4, 0.5) is 5.82 Å². The molecule has 0 radical (unpaired) electrons. The summed E-state index contributed by atoms with van der Waals surface area (Å²) in [5.41, 5.74) is 2.56. The van der Waals surface area contributed by atoms with Gasteiger partial charge in [-0.05, 0) is 54.7 Å². The van der Waals surface area contributed by atoms with E-state index in [2.05, 4.69) is 20.4 Å². The zero-order valence-corrected chi connectivity index (χ0v) is 16.3. The highest BCUT2D eigenvalue weighted by Gasteiger charge is 2.22. The molecule has 1 N–H and O–H groups in total. The molecule has 1 saturated heterocycles. The number of fused-ring (bicyclic) bond motifs is 1. The molecule has 27 heavy (non-hydrogen) atoms. The number of hydrogen-bond donors (Lipinski definition) is 1. The predicted molar refractivity (Wildman–Crippen MR) is 105 cm³/mol. The Morgan fingerprint density at radius 1 is 1.19 bits per heavy atom. The maximum Gasteiger partial charge on any atom is 0.272 e. The zero-order valence-electron chi connectivity index (χ0n) is 14.8. The van der Waals surface area contributed by atoms with Crippen LogP contribution in [0.5, 0.6) is 0 Å². The van der Waals surface area contributed by atoms with Crippen molar-refractivity contribution in [2.45, 2.75) is 31.8 Å². The number of carbonyl (C=O) groups excluding carboxylic acids is 1. The van der Waals surface area contributed by atoms with Crippen molar-refractivity contribution in [3.05, 3.63) is 51.1 Å². The standard InChI is InChI=1S/C19H20Cl2N4O2/c20-13-9-12-11-25(6-3-15(12)16(21)10-13)18-2-1-17(23-24-18)19(26)22-14-4-7-27-8-5-14/h1-2,9-10,14H,3-8,11H2,(H,22,26). The van der Waals surface area contributed by atoms with Gasteiger partial charge in [-0.15, -0.1) is 10.2 Å². The van der Waals surface area contributed by atoms with Gasteiger partial charge in [-0.2, -0.15) is 0 Å². The average molecular weight is 407 g/mol. The van der Waals surface area contributed by atoms with Gasteiger partial charge in [0, 0.05) is 42.4 Å². The number of nitrogens with zero attached hydrogens (tertiary/aromatic N) is 3. The van der Waals surface area contributed by atoms with Gasteiger partial charge in [-0.1, -0.05) is 23.2 Å². The highest BCUT2D eigenvalue weighted by Crippen LogP contribution is 2.31. The minimum Gasteiger partial charge on any atom is -0.381 e. The average Bonchev–Trinajstić information content (AvgIpc) is 2.68. The van der Waals surface area contributed by atoms with Gasteiger partial charge in [0.05, 0.1) is 0 Å². The van der Waals surface area contributed by atoms with Gasteiger partial charge >= 0.3 is 0 Å². The van der Waals surface area contributed by atoms with Crippen molar-refractivity contribution < 1.29 is 9.53 Å². The summed E-state index contributed by atoms with van der Waals surface area (Å²) in [6.45, 7) is 2.81. The minimum absolute atomic E-state index is 0.140. The summed E-state index contributed by atoms with van der Waals surface area (Å²) in [6.07, 6.45) is 2.48. The zero-order chi connectivity index (χ0) is 18.8. The van der Waals surface area contributed by atoms with Crippen LogP contribution in [0.25, 0.3) is 0 Å². The maximum atomic E-state index is 12.3. The minimum atomic E-state index is -0.191. The summed E-state index contributed by atoms with van der Waals surface area (Å²) in [7, 11) is 0. The topological polar surface area (TPSA) is 67.3 Å². The second kappa shape index (κ2) is 8.00. The Kier molecular flexibility index (Phi) is 5.48. The fraction of sp³-hybridized carbons (Fsp3) is 0.421. The van der Waals surface area contributed by atoms with Crippen molar-refractivity contribution in [3.8, 4) is 0 Å². The van der Waals surface area contributed by atoms with Crippen LogP contribution in [0.3, 0.4) is 0 Å². The van der Waals surface area contributed by atoms with E-state index in [0.717, 1.165) is 42.8 Å². The number of amides is 1. The second-order valence-electron chi connectivity index (χ2n) is 6.83. The Balaban J connectivity index is 1.44. The first kappa shape index (κ1) is 18.5. The van der Waals surface area contributed by atoms with Crippen LogP contribution in [-0.4, -0.2) is 41.9 Å². The number of carbonyl (C=O) groups is 1. The summed E-state index contributed by atoms with van der Waals surface area (Å²) in [4.78, 5) is 14.5. The highest BCUT2D eigenvalue weighted by atomic mass is 35.5. The second-order valence-corrected chi connectivity index (χ2v) is 7.68. The first-order valence-electron chi connectivity index (χ1n) is 9.04. The summed E-state index contributed by atoms with van der Waals surface area (Å²) >= 11 is 12.4. The Bertz CT molecular complexity index is 838. The van der Waals surface area contributed by atoms with Gasteiger partial charge in [0.25, 0.3) is 5.91 Å².